The molecular formula is C16H11N2. The van der Waals surface area contributed by atoms with Gasteiger partial charge in [-0.1, -0.05) is 24.3 Å². The number of fused-ring (bicyclic) bond motifs is 1. The first kappa shape index (κ1) is 10.6. The average Bonchev–Trinajstić information content (AvgIpc) is 2.83. The molecule has 0 spiro atoms. The Morgan fingerprint density at radius 2 is 2.17 bits per heavy atom. The van der Waals surface area contributed by atoms with Crippen molar-refractivity contribution in [1.82, 2.24) is 4.57 Å². The van der Waals surface area contributed by atoms with Crippen LogP contribution in [-0.4, -0.2) is 4.57 Å². The maximum atomic E-state index is 8.90. The van der Waals surface area contributed by atoms with Crippen molar-refractivity contribution < 1.29 is 0 Å². The zero-order chi connectivity index (χ0) is 12.4. The zero-order valence-corrected chi connectivity index (χ0v) is 9.80. The topological polar surface area (TPSA) is 28.7 Å². The van der Waals surface area contributed by atoms with Crippen molar-refractivity contribution in [3.05, 3.63) is 71.9 Å². The average molecular weight is 231 g/mol. The lowest BCUT2D eigenvalue weighted by molar-refractivity contribution is 0.836. The van der Waals surface area contributed by atoms with Gasteiger partial charge in [-0.25, -0.2) is 0 Å². The summed E-state index contributed by atoms with van der Waals surface area (Å²) in [7, 11) is 0. The molecule has 3 rings (SSSR count). The van der Waals surface area contributed by atoms with Gasteiger partial charge in [-0.05, 0) is 41.3 Å². The van der Waals surface area contributed by atoms with E-state index in [1.807, 2.05) is 36.4 Å². The molecule has 0 saturated carbocycles. The second-order valence-electron chi connectivity index (χ2n) is 4.24. The second kappa shape index (κ2) is 4.38. The highest BCUT2D eigenvalue weighted by Gasteiger charge is 2.01. The molecule has 1 heterocycles. The minimum Gasteiger partial charge on any atom is -0.343 e. The molecule has 0 saturated heterocycles. The standard InChI is InChI=1S/C16H11N2/c17-11-13-4-3-5-14(10-13)12-18-9-8-15-6-1-2-7-16(15)18/h1,3-10H,12H2. The third-order valence-corrected chi connectivity index (χ3v) is 3.03. The molecule has 2 nitrogen and oxygen atoms in total. The molecule has 0 unspecified atom stereocenters. The van der Waals surface area contributed by atoms with Gasteiger partial charge in [-0.3, -0.25) is 0 Å². The molecule has 2 aromatic carbocycles. The number of hydrogen-bond acceptors (Lipinski definition) is 1. The van der Waals surface area contributed by atoms with E-state index < -0.39 is 0 Å². The summed E-state index contributed by atoms with van der Waals surface area (Å²) in [5.74, 6) is 0. The van der Waals surface area contributed by atoms with Crippen LogP contribution in [0.1, 0.15) is 11.1 Å². The smallest absolute Gasteiger partial charge is 0.0991 e. The van der Waals surface area contributed by atoms with Gasteiger partial charge >= 0.3 is 0 Å². The van der Waals surface area contributed by atoms with Crippen LogP contribution in [0.2, 0.25) is 0 Å². The lowest BCUT2D eigenvalue weighted by Gasteiger charge is -2.05. The summed E-state index contributed by atoms with van der Waals surface area (Å²) >= 11 is 0. The van der Waals surface area contributed by atoms with Crippen LogP contribution < -0.4 is 0 Å². The number of rotatable bonds is 2. The number of benzene rings is 2. The number of nitriles is 1. The number of hydrogen-bond donors (Lipinski definition) is 0. The molecular weight excluding hydrogens is 220 g/mol. The molecule has 0 aliphatic carbocycles. The molecule has 1 radical (unpaired) electrons. The molecule has 0 bridgehead atoms. The van der Waals surface area contributed by atoms with Crippen molar-refractivity contribution in [1.29, 1.82) is 5.26 Å². The van der Waals surface area contributed by atoms with Crippen LogP contribution in [0.25, 0.3) is 10.9 Å². The Balaban J connectivity index is 1.99. The van der Waals surface area contributed by atoms with Crippen LogP contribution in [0.3, 0.4) is 0 Å². The van der Waals surface area contributed by atoms with Gasteiger partial charge in [0.2, 0.25) is 0 Å². The van der Waals surface area contributed by atoms with Gasteiger partial charge in [0.05, 0.1) is 11.6 Å². The molecule has 1 aromatic heterocycles. The van der Waals surface area contributed by atoms with E-state index in [1.165, 1.54) is 10.9 Å². The van der Waals surface area contributed by atoms with Gasteiger partial charge in [0.15, 0.2) is 0 Å². The Labute approximate surface area is 106 Å². The Kier molecular flexibility index (Phi) is 2.59. The van der Waals surface area contributed by atoms with E-state index in [-0.39, 0.29) is 0 Å². The van der Waals surface area contributed by atoms with Crippen LogP contribution in [-0.2, 0) is 6.54 Å². The maximum Gasteiger partial charge on any atom is 0.0991 e. The first-order valence-electron chi connectivity index (χ1n) is 5.81. The van der Waals surface area contributed by atoms with Gasteiger partial charge < -0.3 is 4.57 Å². The molecule has 2 heteroatoms. The monoisotopic (exact) mass is 231 g/mol. The molecule has 0 aliphatic rings. The SMILES string of the molecule is N#Cc1cccc(Cn2ccc3cc[c]cc32)c1. The van der Waals surface area contributed by atoms with Gasteiger partial charge in [0.25, 0.3) is 0 Å². The third kappa shape index (κ3) is 1.87. The van der Waals surface area contributed by atoms with Crippen LogP contribution in [0.5, 0.6) is 0 Å². The van der Waals surface area contributed by atoms with Gasteiger partial charge in [0.1, 0.15) is 0 Å². The highest BCUT2D eigenvalue weighted by molar-refractivity contribution is 5.79. The molecule has 0 amide bonds. The second-order valence-corrected chi connectivity index (χ2v) is 4.24. The summed E-state index contributed by atoms with van der Waals surface area (Å²) in [6.45, 7) is 0.775. The van der Waals surface area contributed by atoms with Crippen molar-refractivity contribution in [3.8, 4) is 6.07 Å². The minimum atomic E-state index is 0.704. The number of nitrogens with zero attached hydrogens (tertiary/aromatic N) is 2. The van der Waals surface area contributed by atoms with Crippen molar-refractivity contribution in [3.63, 3.8) is 0 Å². The first-order chi connectivity index (χ1) is 8.86. The lowest BCUT2D eigenvalue weighted by atomic mass is 10.1. The molecule has 18 heavy (non-hydrogen) atoms. The molecule has 85 valence electrons. The summed E-state index contributed by atoms with van der Waals surface area (Å²) in [6.07, 6.45) is 2.07. The van der Waals surface area contributed by atoms with Crippen molar-refractivity contribution in [2.24, 2.45) is 0 Å². The quantitative estimate of drug-likeness (QED) is 0.664. The normalized spacial score (nSPS) is 10.4. The summed E-state index contributed by atoms with van der Waals surface area (Å²) in [6, 6.07) is 21.0. The van der Waals surface area contributed by atoms with Crippen LogP contribution in [0.15, 0.2) is 54.7 Å². The van der Waals surface area contributed by atoms with Crippen LogP contribution in [0, 0.1) is 17.4 Å². The van der Waals surface area contributed by atoms with Crippen molar-refractivity contribution >= 4 is 10.9 Å². The minimum absolute atomic E-state index is 0.704. The largest absolute Gasteiger partial charge is 0.343 e. The summed E-state index contributed by atoms with van der Waals surface area (Å²) < 4.78 is 2.17. The summed E-state index contributed by atoms with van der Waals surface area (Å²) in [5.41, 5.74) is 3.01. The molecule has 0 fully saturated rings. The molecule has 3 aromatic rings. The van der Waals surface area contributed by atoms with E-state index in [0.29, 0.717) is 5.56 Å². The highest BCUT2D eigenvalue weighted by atomic mass is 14.9. The van der Waals surface area contributed by atoms with Crippen LogP contribution in [0.4, 0.5) is 0 Å². The zero-order valence-electron chi connectivity index (χ0n) is 9.80. The van der Waals surface area contributed by atoms with E-state index in [1.54, 1.807) is 0 Å². The lowest BCUT2D eigenvalue weighted by Crippen LogP contribution is -1.97. The fourth-order valence-corrected chi connectivity index (χ4v) is 2.15. The van der Waals surface area contributed by atoms with Gasteiger partial charge in [-0.2, -0.15) is 5.26 Å². The Hall–Kier alpha value is -2.53. The maximum absolute atomic E-state index is 8.90. The van der Waals surface area contributed by atoms with E-state index in [9.17, 15) is 0 Å². The number of aromatic nitrogens is 1. The fraction of sp³-hybridized carbons (Fsp3) is 0.0625. The predicted molar refractivity (Wildman–Crippen MR) is 71.0 cm³/mol. The van der Waals surface area contributed by atoms with E-state index in [4.69, 9.17) is 5.26 Å². The van der Waals surface area contributed by atoms with Gasteiger partial charge in [-0.15, -0.1) is 0 Å². The Morgan fingerprint density at radius 1 is 1.22 bits per heavy atom. The third-order valence-electron chi connectivity index (χ3n) is 3.03. The van der Waals surface area contributed by atoms with Gasteiger partial charge in [0, 0.05) is 18.3 Å². The molecule has 0 aliphatic heterocycles. The molecule has 0 atom stereocenters. The highest BCUT2D eigenvalue weighted by Crippen LogP contribution is 2.16. The first-order valence-corrected chi connectivity index (χ1v) is 5.81. The van der Waals surface area contributed by atoms with E-state index in [2.05, 4.69) is 35.0 Å². The molecule has 0 N–H and O–H groups in total. The summed E-state index contributed by atoms with van der Waals surface area (Å²) in [4.78, 5) is 0. The summed E-state index contributed by atoms with van der Waals surface area (Å²) in [5, 5.41) is 10.1. The van der Waals surface area contributed by atoms with Crippen molar-refractivity contribution in [2.45, 2.75) is 6.54 Å². The fourth-order valence-electron chi connectivity index (χ4n) is 2.15. The van der Waals surface area contributed by atoms with E-state index in [0.717, 1.165) is 12.1 Å². The van der Waals surface area contributed by atoms with E-state index >= 15 is 0 Å². The predicted octanol–water partition coefficient (Wildman–Crippen LogP) is 3.36. The Morgan fingerprint density at radius 3 is 3.06 bits per heavy atom. The Bertz CT molecular complexity index is 732. The van der Waals surface area contributed by atoms with Crippen LogP contribution >= 0.6 is 0 Å². The van der Waals surface area contributed by atoms with Crippen molar-refractivity contribution in [2.75, 3.05) is 0 Å².